The molecule has 1 aromatic rings. The van der Waals surface area contributed by atoms with E-state index in [2.05, 4.69) is 11.4 Å². The molecule has 1 amide bonds. The summed E-state index contributed by atoms with van der Waals surface area (Å²) in [6.07, 6.45) is 2.80. The molecule has 1 aromatic heterocycles. The Hall–Kier alpha value is -0.580. The highest BCUT2D eigenvalue weighted by Gasteiger charge is 2.42. The minimum atomic E-state index is -0.134. The quantitative estimate of drug-likeness (QED) is 0.742. The summed E-state index contributed by atoms with van der Waals surface area (Å²) in [4.78, 5) is 14.8. The van der Waals surface area contributed by atoms with Crippen LogP contribution in [0.5, 0.6) is 0 Å². The van der Waals surface area contributed by atoms with Crippen molar-refractivity contribution in [1.29, 1.82) is 0 Å². The number of fused-ring (bicyclic) bond motifs is 2. The van der Waals surface area contributed by atoms with Crippen LogP contribution in [0.15, 0.2) is 11.4 Å². The molecule has 3 heterocycles. The van der Waals surface area contributed by atoms with E-state index in [1.54, 1.807) is 11.3 Å². The van der Waals surface area contributed by atoms with Crippen LogP contribution in [0.1, 0.15) is 23.3 Å². The van der Waals surface area contributed by atoms with Gasteiger partial charge in [-0.05, 0) is 36.3 Å². The van der Waals surface area contributed by atoms with Crippen LogP contribution in [-0.4, -0.2) is 36.4 Å². The molecule has 0 N–H and O–H groups in total. The van der Waals surface area contributed by atoms with Crippen molar-refractivity contribution in [1.82, 2.24) is 4.90 Å². The first-order chi connectivity index (χ1) is 8.75. The van der Waals surface area contributed by atoms with Crippen molar-refractivity contribution in [2.75, 3.05) is 25.6 Å². The number of nitrogens with zero attached hydrogens (tertiary/aromatic N) is 1. The van der Waals surface area contributed by atoms with Gasteiger partial charge in [-0.1, -0.05) is 0 Å². The van der Waals surface area contributed by atoms with E-state index in [9.17, 15) is 4.79 Å². The molecule has 0 atom stereocenters. The Kier molecular flexibility index (Phi) is 3.34. The third-order valence-corrected chi connectivity index (χ3v) is 5.32. The second-order valence-electron chi connectivity index (χ2n) is 4.88. The maximum atomic E-state index is 11.6. The Morgan fingerprint density at radius 3 is 3.00 bits per heavy atom. The van der Waals surface area contributed by atoms with Gasteiger partial charge < -0.3 is 9.64 Å². The lowest BCUT2D eigenvalue weighted by molar-refractivity contribution is -0.137. The lowest BCUT2D eigenvalue weighted by Crippen LogP contribution is -2.48. The van der Waals surface area contributed by atoms with Gasteiger partial charge in [0.25, 0.3) is 0 Å². The zero-order chi connectivity index (χ0) is 12.6. The van der Waals surface area contributed by atoms with Gasteiger partial charge >= 0.3 is 0 Å². The minimum absolute atomic E-state index is 0.0359. The predicted molar refractivity (Wildman–Crippen MR) is 72.2 cm³/mol. The fourth-order valence-corrected chi connectivity index (χ4v) is 4.26. The number of amides is 1. The Balaban J connectivity index is 1.78. The van der Waals surface area contributed by atoms with E-state index in [-0.39, 0.29) is 17.4 Å². The van der Waals surface area contributed by atoms with Crippen LogP contribution in [0.2, 0.25) is 0 Å². The van der Waals surface area contributed by atoms with E-state index in [4.69, 9.17) is 16.3 Å². The molecule has 0 unspecified atom stereocenters. The van der Waals surface area contributed by atoms with Crippen molar-refractivity contribution in [2.24, 2.45) is 0 Å². The third-order valence-electron chi connectivity index (χ3n) is 3.95. The van der Waals surface area contributed by atoms with Crippen molar-refractivity contribution in [3.63, 3.8) is 0 Å². The number of ether oxygens (including phenoxy) is 1. The fraction of sp³-hybridized carbons (Fsp3) is 0.615. The van der Waals surface area contributed by atoms with Gasteiger partial charge in [0.15, 0.2) is 0 Å². The average molecular weight is 286 g/mol. The standard InChI is InChI=1S/C13H16ClNO2S/c14-9-11(16)15-5-3-13(4-6-15)12-10(1-7-17-13)2-8-18-12/h2,8H,1,3-7,9H2. The molecule has 18 heavy (non-hydrogen) atoms. The normalized spacial score (nSPS) is 21.9. The number of carbonyl (C=O) groups excluding carboxylic acids is 1. The van der Waals surface area contributed by atoms with E-state index in [0.717, 1.165) is 39.0 Å². The molecule has 3 rings (SSSR count). The molecule has 98 valence electrons. The van der Waals surface area contributed by atoms with E-state index in [1.165, 1.54) is 10.4 Å². The molecule has 0 bridgehead atoms. The molecule has 1 fully saturated rings. The number of halogens is 1. The van der Waals surface area contributed by atoms with Crippen molar-refractivity contribution >= 4 is 28.8 Å². The lowest BCUT2D eigenvalue weighted by Gasteiger charge is -2.43. The highest BCUT2D eigenvalue weighted by molar-refractivity contribution is 7.10. The average Bonchev–Trinajstić information content (AvgIpc) is 2.89. The molecule has 1 spiro atoms. The summed E-state index contributed by atoms with van der Waals surface area (Å²) in [5, 5.41) is 2.15. The maximum Gasteiger partial charge on any atom is 0.237 e. The zero-order valence-electron chi connectivity index (χ0n) is 10.2. The number of rotatable bonds is 1. The molecule has 2 aliphatic rings. The molecule has 0 aliphatic carbocycles. The second-order valence-corrected chi connectivity index (χ2v) is 6.07. The molecule has 0 radical (unpaired) electrons. The van der Waals surface area contributed by atoms with Crippen molar-refractivity contribution in [2.45, 2.75) is 24.9 Å². The van der Waals surface area contributed by atoms with Crippen LogP contribution in [0.3, 0.4) is 0 Å². The first-order valence-corrected chi connectivity index (χ1v) is 7.71. The molecule has 2 aliphatic heterocycles. The summed E-state index contributed by atoms with van der Waals surface area (Å²) in [5.41, 5.74) is 1.30. The van der Waals surface area contributed by atoms with E-state index in [1.807, 2.05) is 4.90 Å². The van der Waals surface area contributed by atoms with E-state index < -0.39 is 0 Å². The Labute approximate surface area is 116 Å². The lowest BCUT2D eigenvalue weighted by atomic mass is 9.85. The summed E-state index contributed by atoms with van der Waals surface area (Å²) in [7, 11) is 0. The maximum absolute atomic E-state index is 11.6. The summed E-state index contributed by atoms with van der Waals surface area (Å²) in [6.45, 7) is 2.30. The van der Waals surface area contributed by atoms with Crippen LogP contribution in [-0.2, 0) is 21.6 Å². The topological polar surface area (TPSA) is 29.5 Å². The molecule has 1 saturated heterocycles. The van der Waals surface area contributed by atoms with Crippen molar-refractivity contribution < 1.29 is 9.53 Å². The van der Waals surface area contributed by atoms with Gasteiger partial charge in [0.1, 0.15) is 11.5 Å². The largest absolute Gasteiger partial charge is 0.369 e. The van der Waals surface area contributed by atoms with Crippen molar-refractivity contribution in [3.05, 3.63) is 21.9 Å². The Morgan fingerprint density at radius 2 is 2.28 bits per heavy atom. The highest BCUT2D eigenvalue weighted by Crippen LogP contribution is 2.44. The van der Waals surface area contributed by atoms with E-state index >= 15 is 0 Å². The molecule has 0 aromatic carbocycles. The monoisotopic (exact) mass is 285 g/mol. The van der Waals surface area contributed by atoms with Crippen LogP contribution >= 0.6 is 22.9 Å². The number of alkyl halides is 1. The zero-order valence-corrected chi connectivity index (χ0v) is 11.7. The van der Waals surface area contributed by atoms with Gasteiger partial charge in [-0.2, -0.15) is 0 Å². The number of thiophene rings is 1. The van der Waals surface area contributed by atoms with Gasteiger partial charge in [0.2, 0.25) is 5.91 Å². The van der Waals surface area contributed by atoms with Crippen molar-refractivity contribution in [3.8, 4) is 0 Å². The Bertz CT molecular complexity index is 452. The third kappa shape index (κ3) is 1.96. The molecular weight excluding hydrogens is 270 g/mol. The van der Waals surface area contributed by atoms with Gasteiger partial charge in [-0.3, -0.25) is 4.79 Å². The second kappa shape index (κ2) is 4.83. The number of likely N-dealkylation sites (tertiary alicyclic amines) is 1. The first kappa shape index (κ1) is 12.5. The predicted octanol–water partition coefficient (Wildman–Crippen LogP) is 2.38. The fourth-order valence-electron chi connectivity index (χ4n) is 2.93. The molecule has 3 nitrogen and oxygen atoms in total. The number of hydrogen-bond acceptors (Lipinski definition) is 3. The van der Waals surface area contributed by atoms with Gasteiger partial charge in [-0.25, -0.2) is 0 Å². The smallest absolute Gasteiger partial charge is 0.237 e. The van der Waals surface area contributed by atoms with Gasteiger partial charge in [0.05, 0.1) is 6.61 Å². The minimum Gasteiger partial charge on any atom is -0.369 e. The van der Waals surface area contributed by atoms with Gasteiger partial charge in [-0.15, -0.1) is 22.9 Å². The summed E-state index contributed by atoms with van der Waals surface area (Å²) in [5.74, 6) is 0.117. The summed E-state index contributed by atoms with van der Waals surface area (Å²) < 4.78 is 6.09. The summed E-state index contributed by atoms with van der Waals surface area (Å²) >= 11 is 7.40. The Morgan fingerprint density at radius 1 is 1.50 bits per heavy atom. The van der Waals surface area contributed by atoms with E-state index in [0.29, 0.717) is 0 Å². The van der Waals surface area contributed by atoms with Gasteiger partial charge in [0, 0.05) is 18.0 Å². The molecule has 5 heteroatoms. The van der Waals surface area contributed by atoms with Crippen LogP contribution < -0.4 is 0 Å². The van der Waals surface area contributed by atoms with Crippen LogP contribution in [0.4, 0.5) is 0 Å². The summed E-state index contributed by atoms with van der Waals surface area (Å²) in [6, 6.07) is 2.21. The number of piperidine rings is 1. The number of carbonyl (C=O) groups is 1. The van der Waals surface area contributed by atoms with Crippen LogP contribution in [0, 0.1) is 0 Å². The first-order valence-electron chi connectivity index (χ1n) is 6.30. The number of hydrogen-bond donors (Lipinski definition) is 0. The van der Waals surface area contributed by atoms with Crippen LogP contribution in [0.25, 0.3) is 0 Å². The highest BCUT2D eigenvalue weighted by atomic mass is 35.5. The SMILES string of the molecule is O=C(CCl)N1CCC2(CC1)OCCc1ccsc12. The molecule has 0 saturated carbocycles. The molecular formula is C13H16ClNO2S.